The summed E-state index contributed by atoms with van der Waals surface area (Å²) in [5.74, 6) is -0.346. The molecular weight excluding hydrogens is 254 g/mol. The minimum Gasteiger partial charge on any atom is -0.469 e. The van der Waals surface area contributed by atoms with E-state index in [1.807, 2.05) is 0 Å². The van der Waals surface area contributed by atoms with Gasteiger partial charge < -0.3 is 10.1 Å². The number of hydrogen-bond acceptors (Lipinski definition) is 3. The van der Waals surface area contributed by atoms with Gasteiger partial charge in [-0.3, -0.25) is 9.59 Å². The van der Waals surface area contributed by atoms with Crippen LogP contribution in [0.3, 0.4) is 0 Å². The molecule has 0 saturated carbocycles. The second kappa shape index (κ2) is 12.9. The SMILES string of the molecule is CCCCCCCCCCC(CC(=O)OC)NC(C)=O. The summed E-state index contributed by atoms with van der Waals surface area (Å²) < 4.78 is 4.65. The maximum Gasteiger partial charge on any atom is 0.307 e. The molecule has 4 nitrogen and oxygen atoms in total. The molecule has 0 rings (SSSR count). The van der Waals surface area contributed by atoms with Gasteiger partial charge in [-0.15, -0.1) is 0 Å². The van der Waals surface area contributed by atoms with Gasteiger partial charge in [0.1, 0.15) is 0 Å². The minimum atomic E-state index is -0.261. The zero-order valence-electron chi connectivity index (χ0n) is 13.4. The summed E-state index contributed by atoms with van der Waals surface area (Å²) in [7, 11) is 1.38. The molecule has 0 aromatic carbocycles. The molecule has 0 aliphatic heterocycles. The molecule has 1 amide bonds. The van der Waals surface area contributed by atoms with Crippen LogP contribution in [0.15, 0.2) is 0 Å². The summed E-state index contributed by atoms with van der Waals surface area (Å²) in [6.07, 6.45) is 11.2. The maximum absolute atomic E-state index is 11.3. The first-order chi connectivity index (χ1) is 9.60. The Morgan fingerprint density at radius 1 is 1.00 bits per heavy atom. The molecule has 0 aliphatic rings. The third-order valence-corrected chi connectivity index (χ3v) is 3.45. The van der Waals surface area contributed by atoms with Crippen LogP contribution >= 0.6 is 0 Å². The lowest BCUT2D eigenvalue weighted by molar-refractivity contribution is -0.141. The van der Waals surface area contributed by atoms with Crippen LogP contribution in [-0.2, 0) is 14.3 Å². The normalized spacial score (nSPS) is 11.9. The van der Waals surface area contributed by atoms with E-state index in [0.717, 1.165) is 12.8 Å². The fourth-order valence-corrected chi connectivity index (χ4v) is 2.32. The Hall–Kier alpha value is -1.06. The van der Waals surface area contributed by atoms with Gasteiger partial charge >= 0.3 is 5.97 Å². The zero-order valence-corrected chi connectivity index (χ0v) is 13.4. The lowest BCUT2D eigenvalue weighted by Gasteiger charge is -2.16. The van der Waals surface area contributed by atoms with Crippen LogP contribution in [0.1, 0.15) is 78.1 Å². The van der Waals surface area contributed by atoms with Gasteiger partial charge in [-0.2, -0.15) is 0 Å². The number of esters is 1. The highest BCUT2D eigenvalue weighted by Gasteiger charge is 2.14. The predicted octanol–water partition coefficient (Wildman–Crippen LogP) is 3.59. The molecule has 0 bridgehead atoms. The van der Waals surface area contributed by atoms with Crippen LogP contribution in [0, 0.1) is 0 Å². The molecule has 0 fully saturated rings. The lowest BCUT2D eigenvalue weighted by atomic mass is 10.0. The number of ether oxygens (including phenoxy) is 1. The number of methoxy groups -OCH3 is 1. The average Bonchev–Trinajstić information content (AvgIpc) is 2.40. The average molecular weight is 285 g/mol. The van der Waals surface area contributed by atoms with Crippen LogP contribution in [-0.4, -0.2) is 25.0 Å². The first kappa shape index (κ1) is 18.9. The molecular formula is C16H31NO3. The fraction of sp³-hybridized carbons (Fsp3) is 0.875. The van der Waals surface area contributed by atoms with E-state index in [1.54, 1.807) is 0 Å². The lowest BCUT2D eigenvalue weighted by Crippen LogP contribution is -2.35. The van der Waals surface area contributed by atoms with Gasteiger partial charge in [0.2, 0.25) is 5.91 Å². The van der Waals surface area contributed by atoms with Crippen molar-refractivity contribution in [3.63, 3.8) is 0 Å². The van der Waals surface area contributed by atoms with E-state index < -0.39 is 0 Å². The van der Waals surface area contributed by atoms with Crippen molar-refractivity contribution in [3.05, 3.63) is 0 Å². The Labute approximate surface area is 123 Å². The zero-order chi connectivity index (χ0) is 15.2. The molecule has 1 unspecified atom stereocenters. The van der Waals surface area contributed by atoms with Crippen molar-refractivity contribution in [2.75, 3.05) is 7.11 Å². The second-order valence-corrected chi connectivity index (χ2v) is 5.44. The van der Waals surface area contributed by atoms with E-state index in [1.165, 1.54) is 59.0 Å². The number of rotatable bonds is 12. The smallest absolute Gasteiger partial charge is 0.307 e. The minimum absolute atomic E-state index is 0.0833. The molecule has 0 aromatic heterocycles. The highest BCUT2D eigenvalue weighted by molar-refractivity contribution is 5.75. The third-order valence-electron chi connectivity index (χ3n) is 3.45. The summed E-state index contributed by atoms with van der Waals surface area (Å²) in [6.45, 7) is 3.71. The first-order valence-electron chi connectivity index (χ1n) is 7.94. The molecule has 0 spiro atoms. The number of nitrogens with one attached hydrogen (secondary N) is 1. The Morgan fingerprint density at radius 3 is 2.05 bits per heavy atom. The number of unbranched alkanes of at least 4 members (excludes halogenated alkanes) is 7. The van der Waals surface area contributed by atoms with E-state index in [4.69, 9.17) is 0 Å². The van der Waals surface area contributed by atoms with E-state index in [2.05, 4.69) is 17.0 Å². The third kappa shape index (κ3) is 12.0. The van der Waals surface area contributed by atoms with Crippen LogP contribution in [0.25, 0.3) is 0 Å². The molecule has 118 valence electrons. The molecule has 20 heavy (non-hydrogen) atoms. The van der Waals surface area contributed by atoms with Crippen LogP contribution < -0.4 is 5.32 Å². The van der Waals surface area contributed by atoms with Crippen molar-refractivity contribution in [2.24, 2.45) is 0 Å². The summed E-state index contributed by atoms with van der Waals surface area (Å²) in [5.41, 5.74) is 0. The maximum atomic E-state index is 11.3. The molecule has 1 atom stereocenters. The van der Waals surface area contributed by atoms with Crippen molar-refractivity contribution in [2.45, 2.75) is 84.1 Å². The highest BCUT2D eigenvalue weighted by Crippen LogP contribution is 2.12. The van der Waals surface area contributed by atoms with Crippen molar-refractivity contribution in [3.8, 4) is 0 Å². The Morgan fingerprint density at radius 2 is 1.55 bits per heavy atom. The van der Waals surface area contributed by atoms with Gasteiger partial charge in [0, 0.05) is 13.0 Å². The summed E-state index contributed by atoms with van der Waals surface area (Å²) in [6, 6.07) is -0.0833. The van der Waals surface area contributed by atoms with Crippen molar-refractivity contribution in [1.82, 2.24) is 5.32 Å². The Bertz CT molecular complexity index is 266. The van der Waals surface area contributed by atoms with Crippen molar-refractivity contribution in [1.29, 1.82) is 0 Å². The number of carbonyl (C=O) groups is 2. The number of amides is 1. The molecule has 0 aliphatic carbocycles. The quantitative estimate of drug-likeness (QED) is 0.440. The fourth-order valence-electron chi connectivity index (χ4n) is 2.32. The van der Waals surface area contributed by atoms with E-state index in [-0.39, 0.29) is 24.3 Å². The number of hydrogen-bond donors (Lipinski definition) is 1. The van der Waals surface area contributed by atoms with E-state index in [9.17, 15) is 9.59 Å². The Kier molecular flexibility index (Phi) is 12.3. The van der Waals surface area contributed by atoms with Gasteiger partial charge in [-0.25, -0.2) is 0 Å². The highest BCUT2D eigenvalue weighted by atomic mass is 16.5. The molecule has 0 aromatic rings. The molecule has 0 saturated heterocycles. The van der Waals surface area contributed by atoms with E-state index in [0.29, 0.717) is 0 Å². The largest absolute Gasteiger partial charge is 0.469 e. The predicted molar refractivity (Wildman–Crippen MR) is 81.5 cm³/mol. The number of carbonyl (C=O) groups excluding carboxylic acids is 2. The monoisotopic (exact) mass is 285 g/mol. The van der Waals surface area contributed by atoms with Crippen molar-refractivity contribution >= 4 is 11.9 Å². The van der Waals surface area contributed by atoms with Gasteiger partial charge in [-0.05, 0) is 6.42 Å². The molecule has 0 radical (unpaired) electrons. The van der Waals surface area contributed by atoms with Gasteiger partial charge in [0.05, 0.1) is 13.5 Å². The van der Waals surface area contributed by atoms with Crippen LogP contribution in [0.2, 0.25) is 0 Å². The van der Waals surface area contributed by atoms with Crippen molar-refractivity contribution < 1.29 is 14.3 Å². The van der Waals surface area contributed by atoms with Crippen LogP contribution in [0.4, 0.5) is 0 Å². The van der Waals surface area contributed by atoms with Gasteiger partial charge in [0.15, 0.2) is 0 Å². The topological polar surface area (TPSA) is 55.4 Å². The first-order valence-corrected chi connectivity index (χ1v) is 7.94. The standard InChI is InChI=1S/C16H31NO3/c1-4-5-6-7-8-9-10-11-12-15(17-14(2)18)13-16(19)20-3/h15H,4-13H2,1-3H3,(H,17,18). The molecule has 4 heteroatoms. The molecule has 1 N–H and O–H groups in total. The summed E-state index contributed by atoms with van der Waals surface area (Å²) in [4.78, 5) is 22.4. The van der Waals surface area contributed by atoms with Gasteiger partial charge in [-0.1, -0.05) is 58.3 Å². The van der Waals surface area contributed by atoms with Gasteiger partial charge in [0.25, 0.3) is 0 Å². The summed E-state index contributed by atoms with van der Waals surface area (Å²) >= 11 is 0. The summed E-state index contributed by atoms with van der Waals surface area (Å²) in [5, 5.41) is 2.82. The Balaban J connectivity index is 3.68. The molecule has 0 heterocycles. The second-order valence-electron chi connectivity index (χ2n) is 5.44. The van der Waals surface area contributed by atoms with E-state index >= 15 is 0 Å². The van der Waals surface area contributed by atoms with Crippen LogP contribution in [0.5, 0.6) is 0 Å².